The van der Waals surface area contributed by atoms with Gasteiger partial charge in [-0.3, -0.25) is 0 Å². The molecule has 0 heterocycles. The van der Waals surface area contributed by atoms with Crippen molar-refractivity contribution in [2.24, 2.45) is 5.92 Å². The predicted octanol–water partition coefficient (Wildman–Crippen LogP) is 4.06. The minimum atomic E-state index is 0.416. The van der Waals surface area contributed by atoms with Gasteiger partial charge in [0.25, 0.3) is 0 Å². The van der Waals surface area contributed by atoms with Gasteiger partial charge < -0.3 is 0 Å². The largest absolute Gasteiger partial charge is 0.120 e. The van der Waals surface area contributed by atoms with Gasteiger partial charge in [-0.25, -0.2) is 0 Å². The fourth-order valence-electron chi connectivity index (χ4n) is 1.78. The zero-order chi connectivity index (χ0) is 10.9. The molecule has 0 radical (unpaired) electrons. The molecule has 0 nitrogen and oxygen atoms in total. The maximum absolute atomic E-state index is 5.55. The average molecular weight is 200 g/mol. The first-order valence-electron chi connectivity index (χ1n) is 5.87. The molecular weight excluding hydrogens is 180 g/mol. The molecule has 0 amide bonds. The normalized spacial score (nSPS) is 12.0. The second-order valence-corrected chi connectivity index (χ2v) is 4.05. The molecule has 0 fully saturated rings. The zero-order valence-electron chi connectivity index (χ0n) is 9.58. The number of benzene rings is 1. The van der Waals surface area contributed by atoms with Crippen molar-refractivity contribution in [3.8, 4) is 12.3 Å². The summed E-state index contributed by atoms with van der Waals surface area (Å²) < 4.78 is 0. The highest BCUT2D eigenvalue weighted by Gasteiger charge is 2.05. The molecule has 0 N–H and O–H groups in total. The van der Waals surface area contributed by atoms with Crippen LogP contribution in [0.1, 0.15) is 38.2 Å². The first-order valence-corrected chi connectivity index (χ1v) is 5.87. The van der Waals surface area contributed by atoms with Gasteiger partial charge in [0.05, 0.1) is 0 Å². The first-order chi connectivity index (χ1) is 7.36. The highest BCUT2D eigenvalue weighted by atomic mass is 14.1. The van der Waals surface area contributed by atoms with E-state index in [0.717, 1.165) is 6.42 Å². The molecule has 1 atom stereocenters. The van der Waals surface area contributed by atoms with E-state index in [1.165, 1.54) is 31.2 Å². The van der Waals surface area contributed by atoms with Crippen LogP contribution in [-0.4, -0.2) is 0 Å². The maximum atomic E-state index is 5.55. The van der Waals surface area contributed by atoms with Crippen molar-refractivity contribution in [2.75, 3.05) is 0 Å². The highest BCUT2D eigenvalue weighted by molar-refractivity contribution is 5.17. The Morgan fingerprint density at radius 3 is 2.53 bits per heavy atom. The van der Waals surface area contributed by atoms with Crippen LogP contribution < -0.4 is 0 Å². The third-order valence-corrected chi connectivity index (χ3v) is 2.72. The summed E-state index contributed by atoms with van der Waals surface area (Å²) in [7, 11) is 0. The van der Waals surface area contributed by atoms with E-state index in [1.807, 2.05) is 6.07 Å². The third-order valence-electron chi connectivity index (χ3n) is 2.72. The van der Waals surface area contributed by atoms with Crippen molar-refractivity contribution in [3.05, 3.63) is 35.9 Å². The van der Waals surface area contributed by atoms with Crippen LogP contribution in [0.5, 0.6) is 0 Å². The lowest BCUT2D eigenvalue weighted by molar-refractivity contribution is 0.551. The summed E-state index contributed by atoms with van der Waals surface area (Å²) in [6, 6.07) is 10.5. The van der Waals surface area contributed by atoms with Crippen LogP contribution in [0.25, 0.3) is 0 Å². The standard InChI is InChI=1S/C15H20/c1-3-5-7-10-14(4-2)13-15-11-8-6-9-12-15/h2,6,8-9,11-12,14H,3,5,7,10,13H2,1H3. The number of hydrogen-bond acceptors (Lipinski definition) is 0. The number of hydrogen-bond donors (Lipinski definition) is 0. The smallest absolute Gasteiger partial charge is 0.0240 e. The van der Waals surface area contributed by atoms with Gasteiger partial charge in [0.2, 0.25) is 0 Å². The Kier molecular flexibility index (Phi) is 5.63. The molecular formula is C15H20. The molecule has 80 valence electrons. The average Bonchev–Trinajstić information content (AvgIpc) is 2.29. The molecule has 1 rings (SSSR count). The van der Waals surface area contributed by atoms with Gasteiger partial charge in [-0.2, -0.15) is 0 Å². The maximum Gasteiger partial charge on any atom is 0.0240 e. The van der Waals surface area contributed by atoms with Crippen LogP contribution >= 0.6 is 0 Å². The highest BCUT2D eigenvalue weighted by Crippen LogP contribution is 2.15. The number of unbranched alkanes of at least 4 members (excludes halogenated alkanes) is 2. The van der Waals surface area contributed by atoms with Crippen molar-refractivity contribution in [3.63, 3.8) is 0 Å². The molecule has 0 aliphatic rings. The fraction of sp³-hybridized carbons (Fsp3) is 0.467. The Labute approximate surface area is 93.7 Å². The van der Waals surface area contributed by atoms with Crippen LogP contribution in [-0.2, 0) is 6.42 Å². The molecule has 15 heavy (non-hydrogen) atoms. The summed E-state index contributed by atoms with van der Waals surface area (Å²) in [6.07, 6.45) is 11.6. The van der Waals surface area contributed by atoms with E-state index in [9.17, 15) is 0 Å². The Balaban J connectivity index is 2.38. The number of rotatable bonds is 6. The van der Waals surface area contributed by atoms with Crippen LogP contribution in [0, 0.1) is 18.3 Å². The predicted molar refractivity (Wildman–Crippen MR) is 66.6 cm³/mol. The van der Waals surface area contributed by atoms with E-state index in [1.54, 1.807) is 0 Å². The van der Waals surface area contributed by atoms with Gasteiger partial charge in [0.15, 0.2) is 0 Å². The molecule has 0 saturated carbocycles. The second-order valence-electron chi connectivity index (χ2n) is 4.05. The lowest BCUT2D eigenvalue weighted by Gasteiger charge is -2.09. The van der Waals surface area contributed by atoms with E-state index in [2.05, 4.69) is 37.1 Å². The molecule has 0 heteroatoms. The van der Waals surface area contributed by atoms with Crippen LogP contribution in [0.4, 0.5) is 0 Å². The molecule has 1 aromatic carbocycles. The minimum Gasteiger partial charge on any atom is -0.120 e. The molecule has 0 spiro atoms. The van der Waals surface area contributed by atoms with E-state index in [4.69, 9.17) is 6.42 Å². The molecule has 0 aliphatic heterocycles. The van der Waals surface area contributed by atoms with E-state index in [-0.39, 0.29) is 0 Å². The molecule has 1 aromatic rings. The molecule has 0 bridgehead atoms. The second kappa shape index (κ2) is 7.12. The Bertz CT molecular complexity index is 292. The molecule has 0 aromatic heterocycles. The summed E-state index contributed by atoms with van der Waals surface area (Å²) in [5, 5.41) is 0. The minimum absolute atomic E-state index is 0.416. The van der Waals surface area contributed by atoms with Crippen LogP contribution in [0.2, 0.25) is 0 Å². The number of terminal acetylenes is 1. The molecule has 0 aliphatic carbocycles. The summed E-state index contributed by atoms with van der Waals surface area (Å²) in [4.78, 5) is 0. The van der Waals surface area contributed by atoms with Crippen LogP contribution in [0.15, 0.2) is 30.3 Å². The monoisotopic (exact) mass is 200 g/mol. The lowest BCUT2D eigenvalue weighted by atomic mass is 9.94. The first kappa shape index (κ1) is 11.9. The van der Waals surface area contributed by atoms with Crippen molar-refractivity contribution in [1.29, 1.82) is 0 Å². The fourth-order valence-corrected chi connectivity index (χ4v) is 1.78. The third kappa shape index (κ3) is 4.70. The molecule has 0 saturated heterocycles. The van der Waals surface area contributed by atoms with Gasteiger partial charge >= 0.3 is 0 Å². The summed E-state index contributed by atoms with van der Waals surface area (Å²) >= 11 is 0. The summed E-state index contributed by atoms with van der Waals surface area (Å²) in [5.41, 5.74) is 1.36. The Hall–Kier alpha value is -1.22. The van der Waals surface area contributed by atoms with Gasteiger partial charge in [0, 0.05) is 5.92 Å². The van der Waals surface area contributed by atoms with Crippen molar-refractivity contribution in [1.82, 2.24) is 0 Å². The van der Waals surface area contributed by atoms with E-state index in [0.29, 0.717) is 5.92 Å². The van der Waals surface area contributed by atoms with E-state index < -0.39 is 0 Å². The molecule has 1 unspecified atom stereocenters. The van der Waals surface area contributed by atoms with Gasteiger partial charge in [-0.05, 0) is 18.4 Å². The van der Waals surface area contributed by atoms with Gasteiger partial charge in [0.1, 0.15) is 0 Å². The lowest BCUT2D eigenvalue weighted by Crippen LogP contribution is -2.01. The Morgan fingerprint density at radius 2 is 1.93 bits per heavy atom. The summed E-state index contributed by atoms with van der Waals surface area (Å²) in [5.74, 6) is 3.33. The van der Waals surface area contributed by atoms with Crippen molar-refractivity contribution < 1.29 is 0 Å². The van der Waals surface area contributed by atoms with Crippen molar-refractivity contribution >= 4 is 0 Å². The van der Waals surface area contributed by atoms with Gasteiger partial charge in [-0.1, -0.05) is 56.5 Å². The van der Waals surface area contributed by atoms with Crippen LogP contribution in [0.3, 0.4) is 0 Å². The van der Waals surface area contributed by atoms with Gasteiger partial charge in [-0.15, -0.1) is 12.3 Å². The SMILES string of the molecule is C#CC(CCCCC)Cc1ccccc1. The zero-order valence-corrected chi connectivity index (χ0v) is 9.58. The topological polar surface area (TPSA) is 0 Å². The quantitative estimate of drug-likeness (QED) is 0.480. The summed E-state index contributed by atoms with van der Waals surface area (Å²) in [6.45, 7) is 2.22. The van der Waals surface area contributed by atoms with E-state index >= 15 is 0 Å². The Morgan fingerprint density at radius 1 is 1.20 bits per heavy atom. The van der Waals surface area contributed by atoms with Crippen molar-refractivity contribution in [2.45, 2.75) is 39.0 Å².